The first-order valence-corrected chi connectivity index (χ1v) is 8.51. The topological polar surface area (TPSA) is 120 Å². The number of nitrogens with two attached hydrogens (primary N) is 1. The van der Waals surface area contributed by atoms with E-state index in [0.717, 1.165) is 0 Å². The van der Waals surface area contributed by atoms with Crippen LogP contribution in [-0.2, 0) is 14.3 Å². The maximum absolute atomic E-state index is 11.9. The van der Waals surface area contributed by atoms with E-state index in [1.807, 2.05) is 6.26 Å². The van der Waals surface area contributed by atoms with Crippen LogP contribution in [0.5, 0.6) is 5.75 Å². The number of esters is 1. The van der Waals surface area contributed by atoms with Crippen molar-refractivity contribution in [2.45, 2.75) is 12.5 Å². The summed E-state index contributed by atoms with van der Waals surface area (Å²) in [5.74, 6) is 0.107. The Labute approximate surface area is 144 Å². The predicted molar refractivity (Wildman–Crippen MR) is 92.1 cm³/mol. The molecule has 1 atom stereocenters. The van der Waals surface area contributed by atoms with Gasteiger partial charge in [0.25, 0.3) is 5.91 Å². The van der Waals surface area contributed by atoms with Gasteiger partial charge in [-0.15, -0.1) is 0 Å². The second-order valence-corrected chi connectivity index (χ2v) is 5.71. The van der Waals surface area contributed by atoms with Gasteiger partial charge in [-0.05, 0) is 42.7 Å². The number of amides is 3. The van der Waals surface area contributed by atoms with Gasteiger partial charge in [-0.1, -0.05) is 0 Å². The number of rotatable bonds is 9. The fourth-order valence-corrected chi connectivity index (χ4v) is 2.24. The zero-order valence-corrected chi connectivity index (χ0v) is 14.4. The lowest BCUT2D eigenvalue weighted by Gasteiger charge is -2.15. The number of hydrogen-bond acceptors (Lipinski definition) is 6. The minimum atomic E-state index is -0.872. The fourth-order valence-electron chi connectivity index (χ4n) is 1.77. The molecule has 0 aromatic heterocycles. The lowest BCUT2D eigenvalue weighted by Crippen LogP contribution is -2.45. The van der Waals surface area contributed by atoms with E-state index in [0.29, 0.717) is 23.6 Å². The highest BCUT2D eigenvalue weighted by Crippen LogP contribution is 2.14. The third kappa shape index (κ3) is 7.23. The van der Waals surface area contributed by atoms with Crippen LogP contribution in [0.4, 0.5) is 10.5 Å². The molecule has 0 aliphatic heterocycles. The molecule has 0 saturated carbocycles. The molecule has 0 saturated heterocycles. The molecule has 0 fully saturated rings. The quantitative estimate of drug-likeness (QED) is 0.568. The van der Waals surface area contributed by atoms with Gasteiger partial charge in [-0.3, -0.25) is 4.79 Å². The summed E-state index contributed by atoms with van der Waals surface area (Å²) >= 11 is 1.51. The second kappa shape index (κ2) is 10.4. The number of nitrogens with one attached hydrogen (secondary N) is 2. The van der Waals surface area contributed by atoms with Crippen molar-refractivity contribution in [3.05, 3.63) is 24.3 Å². The Morgan fingerprint density at radius 1 is 1.25 bits per heavy atom. The molecule has 1 aromatic rings. The van der Waals surface area contributed by atoms with Crippen molar-refractivity contribution in [3.8, 4) is 5.75 Å². The van der Waals surface area contributed by atoms with Crippen molar-refractivity contribution in [2.75, 3.05) is 31.0 Å². The number of primary amides is 1. The van der Waals surface area contributed by atoms with Gasteiger partial charge in [0.2, 0.25) is 0 Å². The van der Waals surface area contributed by atoms with E-state index in [-0.39, 0.29) is 0 Å². The van der Waals surface area contributed by atoms with E-state index in [1.54, 1.807) is 31.4 Å². The minimum absolute atomic E-state index is 0.364. The smallest absolute Gasteiger partial charge is 0.329 e. The molecule has 0 aliphatic carbocycles. The van der Waals surface area contributed by atoms with Crippen molar-refractivity contribution in [2.24, 2.45) is 5.73 Å². The number of thioether (sulfide) groups is 1. The number of benzene rings is 1. The predicted octanol–water partition coefficient (Wildman–Crippen LogP) is 0.967. The van der Waals surface area contributed by atoms with Crippen molar-refractivity contribution in [1.82, 2.24) is 5.32 Å². The summed E-state index contributed by atoms with van der Waals surface area (Å²) in [5, 5.41) is 4.89. The fraction of sp³-hybridized carbons (Fsp3) is 0.400. The molecule has 1 aromatic carbocycles. The Balaban J connectivity index is 2.47. The summed E-state index contributed by atoms with van der Waals surface area (Å²) in [6, 6.07) is 5.01. The van der Waals surface area contributed by atoms with Gasteiger partial charge in [0, 0.05) is 5.69 Å². The number of carbonyl (C=O) groups excluding carboxylic acids is 3. The number of methoxy groups -OCH3 is 1. The Bertz CT molecular complexity index is 565. The van der Waals surface area contributed by atoms with Crippen LogP contribution in [0.1, 0.15) is 6.42 Å². The van der Waals surface area contributed by atoms with Crippen LogP contribution in [0.2, 0.25) is 0 Å². The first kappa shape index (κ1) is 19.6. The molecule has 8 nitrogen and oxygen atoms in total. The average Bonchev–Trinajstić information content (AvgIpc) is 2.56. The number of carbonyl (C=O) groups is 3. The van der Waals surface area contributed by atoms with Crippen molar-refractivity contribution in [3.63, 3.8) is 0 Å². The maximum atomic E-state index is 11.9. The van der Waals surface area contributed by atoms with E-state index < -0.39 is 30.6 Å². The van der Waals surface area contributed by atoms with E-state index in [4.69, 9.17) is 15.2 Å². The lowest BCUT2D eigenvalue weighted by molar-refractivity contribution is -0.149. The molecule has 4 N–H and O–H groups in total. The summed E-state index contributed by atoms with van der Waals surface area (Å²) in [7, 11) is 1.54. The van der Waals surface area contributed by atoms with Crippen LogP contribution < -0.4 is 21.1 Å². The van der Waals surface area contributed by atoms with Crippen LogP contribution in [-0.4, -0.2) is 49.7 Å². The standard InChI is InChI=1S/C15H21N3O5S/c1-22-11-5-3-10(4-6-11)17-13(19)9-23-14(20)12(7-8-24-2)18-15(16)21/h3-6,12H,7-9H2,1-2H3,(H,17,19)(H3,16,18,21)/t12-/m1/s1. The van der Waals surface area contributed by atoms with Crippen molar-refractivity contribution >= 4 is 35.4 Å². The molecule has 0 heterocycles. The van der Waals surface area contributed by atoms with E-state index in [9.17, 15) is 14.4 Å². The average molecular weight is 355 g/mol. The van der Waals surface area contributed by atoms with Gasteiger partial charge < -0.3 is 25.8 Å². The molecular formula is C15H21N3O5S. The summed E-state index contributed by atoms with van der Waals surface area (Å²) in [6.45, 7) is -0.457. The molecule has 0 radical (unpaired) electrons. The number of urea groups is 1. The highest BCUT2D eigenvalue weighted by atomic mass is 32.2. The summed E-state index contributed by atoms with van der Waals surface area (Å²) in [5.41, 5.74) is 5.58. The van der Waals surface area contributed by atoms with Crippen LogP contribution in [0.15, 0.2) is 24.3 Å². The zero-order valence-electron chi connectivity index (χ0n) is 13.5. The van der Waals surface area contributed by atoms with Gasteiger partial charge in [-0.25, -0.2) is 9.59 Å². The lowest BCUT2D eigenvalue weighted by atomic mass is 10.2. The third-order valence-corrected chi connectivity index (χ3v) is 3.57. The van der Waals surface area contributed by atoms with Gasteiger partial charge in [0.1, 0.15) is 11.8 Å². The van der Waals surface area contributed by atoms with Crippen LogP contribution >= 0.6 is 11.8 Å². The zero-order chi connectivity index (χ0) is 17.9. The Morgan fingerprint density at radius 2 is 1.92 bits per heavy atom. The molecule has 132 valence electrons. The molecule has 0 unspecified atom stereocenters. The molecular weight excluding hydrogens is 334 g/mol. The monoisotopic (exact) mass is 355 g/mol. The van der Waals surface area contributed by atoms with Crippen molar-refractivity contribution < 1.29 is 23.9 Å². The van der Waals surface area contributed by atoms with E-state index in [2.05, 4.69) is 10.6 Å². The molecule has 3 amide bonds. The van der Waals surface area contributed by atoms with Crippen molar-refractivity contribution in [1.29, 1.82) is 0 Å². The molecule has 24 heavy (non-hydrogen) atoms. The van der Waals surface area contributed by atoms with Crippen LogP contribution in [0.25, 0.3) is 0 Å². The van der Waals surface area contributed by atoms with Crippen LogP contribution in [0.3, 0.4) is 0 Å². The summed E-state index contributed by atoms with van der Waals surface area (Å²) in [4.78, 5) is 34.6. The molecule has 0 spiro atoms. The number of anilines is 1. The highest BCUT2D eigenvalue weighted by Gasteiger charge is 2.21. The third-order valence-electron chi connectivity index (χ3n) is 2.93. The maximum Gasteiger partial charge on any atom is 0.329 e. The van der Waals surface area contributed by atoms with Gasteiger partial charge in [-0.2, -0.15) is 11.8 Å². The SMILES string of the molecule is COc1ccc(NC(=O)COC(=O)[C@@H](CCSC)NC(N)=O)cc1. The van der Waals surface area contributed by atoms with Gasteiger partial charge in [0.15, 0.2) is 6.61 Å². The van der Waals surface area contributed by atoms with Crippen LogP contribution in [0, 0.1) is 0 Å². The Morgan fingerprint density at radius 3 is 2.46 bits per heavy atom. The van der Waals surface area contributed by atoms with E-state index >= 15 is 0 Å². The molecule has 0 bridgehead atoms. The largest absolute Gasteiger partial charge is 0.497 e. The summed E-state index contributed by atoms with van der Waals surface area (Å²) < 4.78 is 9.94. The second-order valence-electron chi connectivity index (χ2n) is 4.73. The number of ether oxygens (including phenoxy) is 2. The first-order valence-electron chi connectivity index (χ1n) is 7.11. The van der Waals surface area contributed by atoms with Gasteiger partial charge >= 0.3 is 12.0 Å². The molecule has 1 rings (SSSR count). The van der Waals surface area contributed by atoms with Gasteiger partial charge in [0.05, 0.1) is 7.11 Å². The highest BCUT2D eigenvalue weighted by molar-refractivity contribution is 7.98. The Kier molecular flexibility index (Phi) is 8.48. The Hall–Kier alpha value is -2.42. The summed E-state index contributed by atoms with van der Waals surface area (Å²) in [6.07, 6.45) is 2.23. The normalized spacial score (nSPS) is 11.2. The molecule has 9 heteroatoms. The first-order chi connectivity index (χ1) is 11.5. The number of hydrogen-bond donors (Lipinski definition) is 3. The molecule has 0 aliphatic rings. The minimum Gasteiger partial charge on any atom is -0.497 e. The van der Waals surface area contributed by atoms with E-state index in [1.165, 1.54) is 11.8 Å².